The minimum absolute atomic E-state index is 0.282. The zero-order valence-electron chi connectivity index (χ0n) is 10.8. The molecular weight excluding hydrogens is 244 g/mol. The average Bonchev–Trinajstić information content (AvgIpc) is 2.94. The quantitative estimate of drug-likeness (QED) is 0.900. The standard InChI is InChI=1S/C13H14N4O2/c1-14-12-15-11(16-13(17-12)18-2)9-5-3-4-8-6-7-19-10(8)9/h3-5H,6-7H2,1-2H3,(H,14,15,16,17). The Bertz CT molecular complexity index is 593. The second kappa shape index (κ2) is 4.72. The summed E-state index contributed by atoms with van der Waals surface area (Å²) in [6.45, 7) is 0.702. The van der Waals surface area contributed by atoms with Crippen LogP contribution in [-0.4, -0.2) is 35.7 Å². The van der Waals surface area contributed by atoms with E-state index in [1.165, 1.54) is 12.7 Å². The zero-order chi connectivity index (χ0) is 13.2. The molecule has 6 nitrogen and oxygen atoms in total. The molecule has 3 rings (SSSR count). The van der Waals surface area contributed by atoms with Crippen LogP contribution in [0.5, 0.6) is 11.8 Å². The molecule has 0 bridgehead atoms. The van der Waals surface area contributed by atoms with E-state index in [0.717, 1.165) is 17.7 Å². The number of aromatic nitrogens is 3. The first kappa shape index (κ1) is 11.7. The normalized spacial score (nSPS) is 12.7. The van der Waals surface area contributed by atoms with E-state index >= 15 is 0 Å². The first-order valence-corrected chi connectivity index (χ1v) is 6.04. The Morgan fingerprint density at radius 2 is 2.16 bits per heavy atom. The minimum atomic E-state index is 0.282. The maximum atomic E-state index is 5.67. The third-order valence-electron chi connectivity index (χ3n) is 2.98. The van der Waals surface area contributed by atoms with Crippen LogP contribution in [-0.2, 0) is 6.42 Å². The topological polar surface area (TPSA) is 69.2 Å². The van der Waals surface area contributed by atoms with Gasteiger partial charge in [0.15, 0.2) is 5.82 Å². The van der Waals surface area contributed by atoms with Crippen LogP contribution in [0.1, 0.15) is 5.56 Å². The van der Waals surface area contributed by atoms with Crippen molar-refractivity contribution in [2.75, 3.05) is 26.1 Å². The first-order chi connectivity index (χ1) is 9.31. The van der Waals surface area contributed by atoms with E-state index in [4.69, 9.17) is 9.47 Å². The smallest absolute Gasteiger partial charge is 0.321 e. The molecule has 19 heavy (non-hydrogen) atoms. The fourth-order valence-corrected chi connectivity index (χ4v) is 2.07. The van der Waals surface area contributed by atoms with Gasteiger partial charge in [-0.1, -0.05) is 12.1 Å². The molecule has 0 spiro atoms. The Morgan fingerprint density at radius 1 is 1.26 bits per heavy atom. The summed E-state index contributed by atoms with van der Waals surface area (Å²) in [7, 11) is 3.29. The molecule has 2 heterocycles. The molecule has 98 valence electrons. The zero-order valence-corrected chi connectivity index (χ0v) is 10.8. The molecule has 1 aromatic carbocycles. The number of nitrogens with zero attached hydrogens (tertiary/aromatic N) is 3. The van der Waals surface area contributed by atoms with Gasteiger partial charge < -0.3 is 14.8 Å². The van der Waals surface area contributed by atoms with E-state index in [-0.39, 0.29) is 6.01 Å². The van der Waals surface area contributed by atoms with Crippen molar-refractivity contribution in [3.8, 4) is 23.1 Å². The van der Waals surface area contributed by atoms with Crippen molar-refractivity contribution in [1.29, 1.82) is 0 Å². The number of benzene rings is 1. The number of nitrogens with one attached hydrogen (secondary N) is 1. The van der Waals surface area contributed by atoms with E-state index < -0.39 is 0 Å². The van der Waals surface area contributed by atoms with Gasteiger partial charge in [-0.15, -0.1) is 0 Å². The van der Waals surface area contributed by atoms with E-state index in [2.05, 4.69) is 26.3 Å². The van der Waals surface area contributed by atoms with Gasteiger partial charge in [-0.05, 0) is 11.6 Å². The second-order valence-electron chi connectivity index (χ2n) is 4.11. The minimum Gasteiger partial charge on any atom is -0.492 e. The van der Waals surface area contributed by atoms with Crippen LogP contribution < -0.4 is 14.8 Å². The summed E-state index contributed by atoms with van der Waals surface area (Å²) in [5, 5.41) is 2.90. The van der Waals surface area contributed by atoms with Crippen molar-refractivity contribution in [3.63, 3.8) is 0 Å². The molecule has 1 N–H and O–H groups in total. The Morgan fingerprint density at radius 3 is 2.95 bits per heavy atom. The Hall–Kier alpha value is -2.37. The fraction of sp³-hybridized carbons (Fsp3) is 0.308. The summed E-state index contributed by atoms with van der Waals surface area (Å²) in [5.74, 6) is 1.88. The van der Waals surface area contributed by atoms with Crippen molar-refractivity contribution in [2.45, 2.75) is 6.42 Å². The number of hydrogen-bond acceptors (Lipinski definition) is 6. The third kappa shape index (κ3) is 2.05. The van der Waals surface area contributed by atoms with Gasteiger partial charge in [0.05, 0.1) is 19.3 Å². The molecule has 0 atom stereocenters. The lowest BCUT2D eigenvalue weighted by molar-refractivity contribution is 0.357. The summed E-state index contributed by atoms with van der Waals surface area (Å²) in [6.07, 6.45) is 0.921. The molecule has 1 aromatic heterocycles. The third-order valence-corrected chi connectivity index (χ3v) is 2.98. The molecule has 0 radical (unpaired) electrons. The number of hydrogen-bond donors (Lipinski definition) is 1. The molecule has 6 heteroatoms. The van der Waals surface area contributed by atoms with Gasteiger partial charge in [0.1, 0.15) is 5.75 Å². The van der Waals surface area contributed by atoms with E-state index in [0.29, 0.717) is 18.4 Å². The molecule has 0 fully saturated rings. The molecule has 0 saturated carbocycles. The average molecular weight is 258 g/mol. The monoisotopic (exact) mass is 258 g/mol. The highest BCUT2D eigenvalue weighted by Gasteiger charge is 2.19. The number of anilines is 1. The van der Waals surface area contributed by atoms with Crippen molar-refractivity contribution >= 4 is 5.95 Å². The van der Waals surface area contributed by atoms with Crippen LogP contribution in [0.15, 0.2) is 18.2 Å². The van der Waals surface area contributed by atoms with Gasteiger partial charge in [-0.25, -0.2) is 0 Å². The van der Waals surface area contributed by atoms with Gasteiger partial charge in [-0.3, -0.25) is 0 Å². The van der Waals surface area contributed by atoms with Crippen molar-refractivity contribution in [2.24, 2.45) is 0 Å². The summed E-state index contributed by atoms with van der Waals surface area (Å²) < 4.78 is 10.8. The highest BCUT2D eigenvalue weighted by atomic mass is 16.5. The fourth-order valence-electron chi connectivity index (χ4n) is 2.07. The molecule has 0 aliphatic carbocycles. The molecule has 1 aliphatic heterocycles. The van der Waals surface area contributed by atoms with E-state index in [1.54, 1.807) is 7.05 Å². The van der Waals surface area contributed by atoms with E-state index in [1.807, 2.05) is 12.1 Å². The number of para-hydroxylation sites is 1. The number of fused-ring (bicyclic) bond motifs is 1. The molecule has 0 amide bonds. The van der Waals surface area contributed by atoms with E-state index in [9.17, 15) is 0 Å². The number of ether oxygens (including phenoxy) is 2. The molecular formula is C13H14N4O2. The number of rotatable bonds is 3. The maximum Gasteiger partial charge on any atom is 0.321 e. The largest absolute Gasteiger partial charge is 0.492 e. The lowest BCUT2D eigenvalue weighted by atomic mass is 10.1. The SMILES string of the molecule is CNc1nc(OC)nc(-c2cccc3c2OCC3)n1. The molecule has 0 unspecified atom stereocenters. The lowest BCUT2D eigenvalue weighted by Gasteiger charge is -2.09. The van der Waals surface area contributed by atoms with Crippen LogP contribution in [0.3, 0.4) is 0 Å². The number of methoxy groups -OCH3 is 1. The molecule has 0 saturated heterocycles. The summed E-state index contributed by atoms with van der Waals surface area (Å²) >= 11 is 0. The molecule has 2 aromatic rings. The van der Waals surface area contributed by atoms with Crippen LogP contribution in [0.2, 0.25) is 0 Å². The maximum absolute atomic E-state index is 5.67. The van der Waals surface area contributed by atoms with Crippen LogP contribution in [0.4, 0.5) is 5.95 Å². The predicted octanol–water partition coefficient (Wildman–Crippen LogP) is 1.52. The highest BCUT2D eigenvalue weighted by Crippen LogP contribution is 2.35. The van der Waals surface area contributed by atoms with Gasteiger partial charge in [-0.2, -0.15) is 15.0 Å². The van der Waals surface area contributed by atoms with Crippen LogP contribution in [0.25, 0.3) is 11.4 Å². The van der Waals surface area contributed by atoms with Crippen molar-refractivity contribution in [3.05, 3.63) is 23.8 Å². The van der Waals surface area contributed by atoms with Crippen LogP contribution in [0, 0.1) is 0 Å². The predicted molar refractivity (Wildman–Crippen MR) is 70.6 cm³/mol. The Kier molecular flexibility index (Phi) is 2.91. The Balaban J connectivity index is 2.14. The van der Waals surface area contributed by atoms with Crippen LogP contribution >= 0.6 is 0 Å². The summed E-state index contributed by atoms with van der Waals surface area (Å²) in [5.41, 5.74) is 2.05. The summed E-state index contributed by atoms with van der Waals surface area (Å²) in [6, 6.07) is 6.27. The Labute approximate surface area is 110 Å². The first-order valence-electron chi connectivity index (χ1n) is 6.04. The van der Waals surface area contributed by atoms with Gasteiger partial charge in [0, 0.05) is 13.5 Å². The molecule has 1 aliphatic rings. The van der Waals surface area contributed by atoms with Crippen molar-refractivity contribution < 1.29 is 9.47 Å². The highest BCUT2D eigenvalue weighted by molar-refractivity contribution is 5.68. The van der Waals surface area contributed by atoms with Gasteiger partial charge >= 0.3 is 6.01 Å². The summed E-state index contributed by atoms with van der Waals surface area (Å²) in [4.78, 5) is 12.7. The second-order valence-corrected chi connectivity index (χ2v) is 4.11. The van der Waals surface area contributed by atoms with Crippen molar-refractivity contribution in [1.82, 2.24) is 15.0 Å². The lowest BCUT2D eigenvalue weighted by Crippen LogP contribution is -2.03. The van der Waals surface area contributed by atoms with Gasteiger partial charge in [0.25, 0.3) is 0 Å². The van der Waals surface area contributed by atoms with Gasteiger partial charge in [0.2, 0.25) is 5.95 Å².